The summed E-state index contributed by atoms with van der Waals surface area (Å²) in [4.78, 5) is 26.0. The van der Waals surface area contributed by atoms with Crippen LogP contribution in [0, 0.1) is 5.41 Å². The zero-order valence-corrected chi connectivity index (χ0v) is 22.3. The molecule has 2 fully saturated rings. The molecule has 1 unspecified atom stereocenters. The van der Waals surface area contributed by atoms with Crippen LogP contribution in [-0.2, 0) is 34.3 Å². The van der Waals surface area contributed by atoms with Crippen LogP contribution in [-0.4, -0.2) is 72.2 Å². The third kappa shape index (κ3) is 5.48. The van der Waals surface area contributed by atoms with Crippen molar-refractivity contribution >= 4 is 5.91 Å². The molecular formula is C28H34F4N4O3. The first-order valence-corrected chi connectivity index (χ1v) is 13.3. The van der Waals surface area contributed by atoms with Crippen molar-refractivity contribution in [1.82, 2.24) is 19.8 Å². The topological polar surface area (TPSA) is 67.8 Å². The van der Waals surface area contributed by atoms with E-state index in [9.17, 15) is 18.0 Å². The molecule has 7 nitrogen and oxygen atoms in total. The van der Waals surface area contributed by atoms with Gasteiger partial charge in [0.15, 0.2) is 0 Å². The first kappa shape index (κ1) is 27.8. The van der Waals surface area contributed by atoms with Crippen LogP contribution >= 0.6 is 0 Å². The Hall–Kier alpha value is -2.79. The van der Waals surface area contributed by atoms with E-state index < -0.39 is 22.8 Å². The van der Waals surface area contributed by atoms with Crippen LogP contribution in [0.1, 0.15) is 54.5 Å². The van der Waals surface area contributed by atoms with Gasteiger partial charge in [0.05, 0.1) is 24.7 Å². The molecule has 11 heteroatoms. The third-order valence-electron chi connectivity index (χ3n) is 8.64. The number of amides is 1. The van der Waals surface area contributed by atoms with Crippen molar-refractivity contribution < 1.29 is 31.8 Å². The highest BCUT2D eigenvalue weighted by Gasteiger charge is 2.50. The SMILES string of the molecule is COCC1(C(=O)N2CCc3ncc(C(F)(F)F)cc3C2)CCN(C2CCC(F)(c3ccc(OC)nc3)CC2)C1. The summed E-state index contributed by atoms with van der Waals surface area (Å²) in [6, 6.07) is 4.66. The Morgan fingerprint density at radius 2 is 1.87 bits per heavy atom. The van der Waals surface area contributed by atoms with E-state index in [4.69, 9.17) is 9.47 Å². The van der Waals surface area contributed by atoms with Crippen molar-refractivity contribution in [2.75, 3.05) is 40.5 Å². The average Bonchev–Trinajstić information content (AvgIpc) is 3.37. The molecule has 3 aliphatic rings. The molecule has 0 bridgehead atoms. The number of hydrogen-bond donors (Lipinski definition) is 0. The molecule has 0 N–H and O–H groups in total. The Kier molecular flexibility index (Phi) is 7.58. The molecule has 1 amide bonds. The molecule has 5 rings (SSSR count). The minimum absolute atomic E-state index is 0.0975. The molecule has 1 saturated carbocycles. The standard InChI is InChI=1S/C28H34F4N4O3/c1-38-18-26(25(37)35-11-7-23-19(16-35)13-21(15-33-23)28(30,31)32)10-12-36(17-26)22-5-8-27(29,9-6-22)20-3-4-24(39-2)34-14-20/h3-4,13-15,22H,5-12,16-18H2,1-2H3. The Bertz CT molecular complexity index is 1180. The molecule has 2 aromatic heterocycles. The number of methoxy groups -OCH3 is 2. The average molecular weight is 551 g/mol. The number of nitrogens with zero attached hydrogens (tertiary/aromatic N) is 4. The fourth-order valence-corrected chi connectivity index (χ4v) is 6.42. The monoisotopic (exact) mass is 550 g/mol. The fourth-order valence-electron chi connectivity index (χ4n) is 6.42. The molecule has 0 spiro atoms. The minimum Gasteiger partial charge on any atom is -0.481 e. The zero-order chi connectivity index (χ0) is 27.8. The number of pyridine rings is 2. The number of halogens is 4. The molecule has 0 aromatic carbocycles. The highest BCUT2D eigenvalue weighted by molar-refractivity contribution is 5.84. The van der Waals surface area contributed by atoms with E-state index in [-0.39, 0.29) is 25.1 Å². The quantitative estimate of drug-likeness (QED) is 0.493. The summed E-state index contributed by atoms with van der Waals surface area (Å²) in [7, 11) is 3.08. The van der Waals surface area contributed by atoms with Crippen LogP contribution in [0.15, 0.2) is 30.6 Å². The number of hydrogen-bond acceptors (Lipinski definition) is 6. The Labute approximate surface area is 225 Å². The lowest BCUT2D eigenvalue weighted by Gasteiger charge is -2.40. The van der Waals surface area contributed by atoms with Crippen molar-refractivity contribution in [2.45, 2.75) is 63.0 Å². The first-order valence-electron chi connectivity index (χ1n) is 13.3. The summed E-state index contributed by atoms with van der Waals surface area (Å²) in [6.07, 6.45) is 0.955. The van der Waals surface area contributed by atoms with E-state index in [0.717, 1.165) is 12.3 Å². The van der Waals surface area contributed by atoms with Crippen molar-refractivity contribution in [2.24, 2.45) is 5.41 Å². The van der Waals surface area contributed by atoms with Gasteiger partial charge in [-0.2, -0.15) is 13.2 Å². The van der Waals surface area contributed by atoms with Gasteiger partial charge in [-0.25, -0.2) is 9.37 Å². The lowest BCUT2D eigenvalue weighted by atomic mass is 9.79. The van der Waals surface area contributed by atoms with Crippen LogP contribution in [0.25, 0.3) is 0 Å². The molecule has 1 atom stereocenters. The Morgan fingerprint density at radius 3 is 2.51 bits per heavy atom. The number of aromatic nitrogens is 2. The van der Waals surface area contributed by atoms with Crippen LogP contribution in [0.5, 0.6) is 5.88 Å². The maximum Gasteiger partial charge on any atom is 0.417 e. The van der Waals surface area contributed by atoms with Crippen LogP contribution < -0.4 is 4.74 Å². The van der Waals surface area contributed by atoms with Crippen LogP contribution in [0.4, 0.5) is 17.6 Å². The van der Waals surface area contributed by atoms with E-state index >= 15 is 4.39 Å². The maximum absolute atomic E-state index is 15.8. The number of likely N-dealkylation sites (tertiary alicyclic amines) is 1. The van der Waals surface area contributed by atoms with Crippen molar-refractivity contribution in [3.05, 3.63) is 53.0 Å². The number of alkyl halides is 4. The van der Waals surface area contributed by atoms with Gasteiger partial charge in [0, 0.05) is 68.9 Å². The van der Waals surface area contributed by atoms with E-state index in [1.54, 1.807) is 30.3 Å². The van der Waals surface area contributed by atoms with Gasteiger partial charge in [0.2, 0.25) is 11.8 Å². The van der Waals surface area contributed by atoms with Crippen LogP contribution in [0.2, 0.25) is 0 Å². The van der Waals surface area contributed by atoms with Crippen molar-refractivity contribution in [3.63, 3.8) is 0 Å². The number of ether oxygens (including phenoxy) is 2. The van der Waals surface area contributed by atoms with Gasteiger partial charge in [-0.1, -0.05) is 0 Å². The molecule has 1 saturated heterocycles. The summed E-state index contributed by atoms with van der Waals surface area (Å²) < 4.78 is 66.1. The van der Waals surface area contributed by atoms with E-state index in [0.29, 0.717) is 80.9 Å². The molecule has 212 valence electrons. The van der Waals surface area contributed by atoms with Crippen molar-refractivity contribution in [3.8, 4) is 5.88 Å². The van der Waals surface area contributed by atoms with Gasteiger partial charge in [-0.3, -0.25) is 14.7 Å². The number of carbonyl (C=O) groups excluding carboxylic acids is 1. The highest BCUT2D eigenvalue weighted by Crippen LogP contribution is 2.44. The summed E-state index contributed by atoms with van der Waals surface area (Å²) in [5.41, 5.74) is -1.44. The van der Waals surface area contributed by atoms with Gasteiger partial charge < -0.3 is 14.4 Å². The number of fused-ring (bicyclic) bond motifs is 1. The highest BCUT2D eigenvalue weighted by atomic mass is 19.4. The minimum atomic E-state index is -4.49. The summed E-state index contributed by atoms with van der Waals surface area (Å²) in [6.45, 7) is 1.90. The van der Waals surface area contributed by atoms with E-state index in [1.807, 2.05) is 0 Å². The molecule has 2 aromatic rings. The smallest absolute Gasteiger partial charge is 0.417 e. The fraction of sp³-hybridized carbons (Fsp3) is 0.607. The number of rotatable bonds is 6. The molecular weight excluding hydrogens is 516 g/mol. The molecule has 0 radical (unpaired) electrons. The molecule has 1 aliphatic carbocycles. The van der Waals surface area contributed by atoms with Crippen LogP contribution in [0.3, 0.4) is 0 Å². The summed E-state index contributed by atoms with van der Waals surface area (Å²) in [5.74, 6) is 0.344. The third-order valence-corrected chi connectivity index (χ3v) is 8.64. The van der Waals surface area contributed by atoms with Gasteiger partial charge >= 0.3 is 6.18 Å². The van der Waals surface area contributed by atoms with E-state index in [2.05, 4.69) is 14.9 Å². The van der Waals surface area contributed by atoms with Gasteiger partial charge in [0.1, 0.15) is 5.67 Å². The van der Waals surface area contributed by atoms with Gasteiger partial charge in [0.25, 0.3) is 0 Å². The predicted molar refractivity (Wildman–Crippen MR) is 135 cm³/mol. The Balaban J connectivity index is 1.25. The maximum atomic E-state index is 15.8. The Morgan fingerprint density at radius 1 is 1.10 bits per heavy atom. The van der Waals surface area contributed by atoms with E-state index in [1.165, 1.54) is 7.11 Å². The molecule has 2 aliphatic heterocycles. The predicted octanol–water partition coefficient (Wildman–Crippen LogP) is 4.53. The second-order valence-electron chi connectivity index (χ2n) is 11.0. The zero-order valence-electron chi connectivity index (χ0n) is 22.3. The molecule has 4 heterocycles. The lowest BCUT2D eigenvalue weighted by Crippen LogP contribution is -2.50. The number of carbonyl (C=O) groups is 1. The van der Waals surface area contributed by atoms with Crippen molar-refractivity contribution in [1.29, 1.82) is 0 Å². The normalized spacial score (nSPS) is 27.8. The second-order valence-corrected chi connectivity index (χ2v) is 11.0. The summed E-state index contributed by atoms with van der Waals surface area (Å²) in [5, 5.41) is 0. The second kappa shape index (κ2) is 10.6. The summed E-state index contributed by atoms with van der Waals surface area (Å²) >= 11 is 0. The lowest BCUT2D eigenvalue weighted by molar-refractivity contribution is -0.146. The largest absolute Gasteiger partial charge is 0.481 e. The molecule has 39 heavy (non-hydrogen) atoms. The van der Waals surface area contributed by atoms with Gasteiger partial charge in [-0.05, 0) is 56.3 Å². The first-order chi connectivity index (χ1) is 18.6. The van der Waals surface area contributed by atoms with Gasteiger partial charge in [-0.15, -0.1) is 0 Å².